The molecule has 2 aromatic rings. The second-order valence-electron chi connectivity index (χ2n) is 3.53. The first kappa shape index (κ1) is 15.0. The largest absolute Gasteiger partial charge is 0.411 e. The van der Waals surface area contributed by atoms with Gasteiger partial charge in [-0.2, -0.15) is 0 Å². The van der Waals surface area contributed by atoms with E-state index >= 15 is 0 Å². The molecule has 19 heavy (non-hydrogen) atoms. The van der Waals surface area contributed by atoms with Crippen LogP contribution in [0.3, 0.4) is 0 Å². The van der Waals surface area contributed by atoms with Gasteiger partial charge in [0.25, 0.3) is 0 Å². The van der Waals surface area contributed by atoms with Crippen molar-refractivity contribution in [1.82, 2.24) is 0 Å². The number of hydrogen-bond donors (Lipinski definition) is 1. The molecule has 0 radical (unpaired) electrons. The summed E-state index contributed by atoms with van der Waals surface area (Å²) in [5.74, 6) is 0.476. The maximum atomic E-state index is 9.10. The van der Waals surface area contributed by atoms with Crippen LogP contribution >= 0.6 is 57.9 Å². The van der Waals surface area contributed by atoms with Crippen LogP contribution in [-0.4, -0.2) is 16.7 Å². The van der Waals surface area contributed by atoms with Crippen molar-refractivity contribution >= 4 is 63.6 Å². The van der Waals surface area contributed by atoms with Crippen molar-refractivity contribution in [3.8, 4) is 0 Å². The molecule has 0 atom stereocenters. The second-order valence-corrected chi connectivity index (χ2v) is 7.30. The van der Waals surface area contributed by atoms with Crippen molar-refractivity contribution in [3.05, 3.63) is 49.6 Å². The lowest BCUT2D eigenvalue weighted by molar-refractivity contribution is 0.319. The first-order valence-electron chi connectivity index (χ1n) is 5.14. The Balaban J connectivity index is 2.11. The minimum Gasteiger partial charge on any atom is -0.411 e. The van der Waals surface area contributed by atoms with Crippen LogP contribution in [0.4, 0.5) is 0 Å². The number of rotatable bonds is 4. The summed E-state index contributed by atoms with van der Waals surface area (Å²) in [5, 5.41) is 13.1. The third-order valence-electron chi connectivity index (χ3n) is 2.26. The first-order valence-corrected chi connectivity index (χ1v) is 8.08. The normalized spacial score (nSPS) is 11.8. The highest BCUT2D eigenvalue weighted by molar-refractivity contribution is 8.00. The zero-order valence-corrected chi connectivity index (χ0v) is 13.3. The maximum Gasteiger partial charge on any atom is 0.104 e. The van der Waals surface area contributed by atoms with E-state index in [1.54, 1.807) is 6.07 Å². The van der Waals surface area contributed by atoms with E-state index in [-0.39, 0.29) is 0 Å². The summed E-state index contributed by atoms with van der Waals surface area (Å²) in [6.45, 7) is 0. The Morgan fingerprint density at radius 2 is 2.05 bits per heavy atom. The van der Waals surface area contributed by atoms with Crippen LogP contribution in [0, 0.1) is 0 Å². The fourth-order valence-electron chi connectivity index (χ4n) is 1.41. The lowest BCUT2D eigenvalue weighted by atomic mass is 10.2. The number of oxime groups is 1. The van der Waals surface area contributed by atoms with E-state index in [4.69, 9.17) is 40.0 Å². The van der Waals surface area contributed by atoms with Gasteiger partial charge in [0.05, 0.1) is 10.0 Å². The van der Waals surface area contributed by atoms with Gasteiger partial charge in [-0.3, -0.25) is 0 Å². The summed E-state index contributed by atoms with van der Waals surface area (Å²) in [4.78, 5) is 0.992. The van der Waals surface area contributed by atoms with Crippen molar-refractivity contribution in [3.63, 3.8) is 0 Å². The van der Waals surface area contributed by atoms with Gasteiger partial charge in [-0.1, -0.05) is 46.0 Å². The summed E-state index contributed by atoms with van der Waals surface area (Å²) in [6.07, 6.45) is 0. The summed E-state index contributed by atoms with van der Waals surface area (Å²) in [5.41, 5.74) is 1.15. The van der Waals surface area contributed by atoms with Crippen LogP contribution in [0.15, 0.2) is 40.4 Å². The molecule has 2 nitrogen and oxygen atoms in total. The topological polar surface area (TPSA) is 32.6 Å². The molecule has 0 aliphatic rings. The standard InChI is InChI=1S/C12H8Cl3NOS2/c13-7-2-1-3-8(4-7)18-6-10(16-17)9-5-11(14)19-12(9)15/h1-5,17H,6H2/b16-10-. The zero-order valence-electron chi connectivity index (χ0n) is 9.44. The molecule has 0 amide bonds. The van der Waals surface area contributed by atoms with Crippen LogP contribution in [0.2, 0.25) is 13.7 Å². The number of thiophene rings is 1. The smallest absolute Gasteiger partial charge is 0.104 e. The van der Waals surface area contributed by atoms with E-state index in [1.807, 2.05) is 24.3 Å². The average Bonchev–Trinajstić information content (AvgIpc) is 2.70. The zero-order chi connectivity index (χ0) is 13.8. The van der Waals surface area contributed by atoms with E-state index in [2.05, 4.69) is 5.16 Å². The van der Waals surface area contributed by atoms with Crippen molar-refractivity contribution in [2.75, 3.05) is 5.75 Å². The van der Waals surface area contributed by atoms with Crippen LogP contribution in [0.5, 0.6) is 0 Å². The Bertz CT molecular complexity index is 613. The van der Waals surface area contributed by atoms with Crippen molar-refractivity contribution in [2.45, 2.75) is 4.90 Å². The minimum absolute atomic E-state index is 0.476. The molecule has 0 saturated carbocycles. The van der Waals surface area contributed by atoms with Crippen molar-refractivity contribution in [2.24, 2.45) is 5.16 Å². The van der Waals surface area contributed by atoms with Gasteiger partial charge in [0.1, 0.15) is 4.34 Å². The molecule has 1 N–H and O–H groups in total. The third-order valence-corrected chi connectivity index (χ3v) is 4.99. The summed E-state index contributed by atoms with van der Waals surface area (Å²) < 4.78 is 1.08. The van der Waals surface area contributed by atoms with Crippen LogP contribution < -0.4 is 0 Å². The Labute approximate surface area is 134 Å². The Morgan fingerprint density at radius 1 is 1.26 bits per heavy atom. The number of hydrogen-bond acceptors (Lipinski definition) is 4. The highest BCUT2D eigenvalue weighted by Crippen LogP contribution is 2.33. The van der Waals surface area contributed by atoms with Crippen LogP contribution in [-0.2, 0) is 0 Å². The van der Waals surface area contributed by atoms with Gasteiger partial charge in [0.15, 0.2) is 0 Å². The van der Waals surface area contributed by atoms with Crippen LogP contribution in [0.25, 0.3) is 0 Å². The Kier molecular flexibility index (Phi) is 5.42. The lowest BCUT2D eigenvalue weighted by Gasteiger charge is -2.04. The molecule has 0 aliphatic heterocycles. The molecule has 7 heteroatoms. The summed E-state index contributed by atoms with van der Waals surface area (Å²) in [7, 11) is 0. The predicted molar refractivity (Wildman–Crippen MR) is 84.8 cm³/mol. The molecule has 0 fully saturated rings. The molecular weight excluding hydrogens is 345 g/mol. The van der Waals surface area contributed by atoms with Crippen molar-refractivity contribution in [1.29, 1.82) is 0 Å². The predicted octanol–water partition coefficient (Wildman–Crippen LogP) is 5.68. The molecule has 0 bridgehead atoms. The number of benzene rings is 1. The van der Waals surface area contributed by atoms with Gasteiger partial charge in [-0.15, -0.1) is 23.1 Å². The van der Waals surface area contributed by atoms with Gasteiger partial charge in [0, 0.05) is 21.2 Å². The van der Waals surface area contributed by atoms with Gasteiger partial charge < -0.3 is 5.21 Å². The molecule has 0 unspecified atom stereocenters. The van der Waals surface area contributed by atoms with Gasteiger partial charge in [0.2, 0.25) is 0 Å². The Hall–Kier alpha value is -0.390. The second kappa shape index (κ2) is 6.86. The number of halogens is 3. The highest BCUT2D eigenvalue weighted by atomic mass is 35.5. The molecular formula is C12H8Cl3NOS2. The average molecular weight is 353 g/mol. The lowest BCUT2D eigenvalue weighted by Crippen LogP contribution is -2.03. The van der Waals surface area contributed by atoms with E-state index in [9.17, 15) is 0 Å². The quantitative estimate of drug-likeness (QED) is 0.332. The van der Waals surface area contributed by atoms with Crippen molar-refractivity contribution < 1.29 is 5.21 Å². The third kappa shape index (κ3) is 4.04. The molecule has 2 rings (SSSR count). The van der Waals surface area contributed by atoms with E-state index < -0.39 is 0 Å². The molecule has 1 aromatic carbocycles. The Morgan fingerprint density at radius 3 is 2.63 bits per heavy atom. The van der Waals surface area contributed by atoms with E-state index in [1.165, 1.54) is 23.1 Å². The molecule has 0 spiro atoms. The summed E-state index contributed by atoms with van der Waals surface area (Å²) >= 11 is 20.6. The molecule has 0 aliphatic carbocycles. The number of nitrogens with zero attached hydrogens (tertiary/aromatic N) is 1. The van der Waals surface area contributed by atoms with Gasteiger partial charge >= 0.3 is 0 Å². The molecule has 100 valence electrons. The molecule has 1 heterocycles. The first-order chi connectivity index (χ1) is 9.10. The minimum atomic E-state index is 0.476. The van der Waals surface area contributed by atoms with E-state index in [0.29, 0.717) is 30.7 Å². The number of thioether (sulfide) groups is 1. The maximum absolute atomic E-state index is 9.10. The van der Waals surface area contributed by atoms with E-state index in [0.717, 1.165) is 4.90 Å². The SMILES string of the molecule is O/N=C(/CSc1cccc(Cl)c1)c1cc(Cl)sc1Cl. The molecule has 0 saturated heterocycles. The van der Waals surface area contributed by atoms with Gasteiger partial charge in [-0.05, 0) is 24.3 Å². The van der Waals surface area contributed by atoms with Gasteiger partial charge in [-0.25, -0.2) is 0 Å². The monoisotopic (exact) mass is 351 g/mol. The molecule has 1 aromatic heterocycles. The van der Waals surface area contributed by atoms with Crippen LogP contribution in [0.1, 0.15) is 5.56 Å². The summed E-state index contributed by atoms with van der Waals surface area (Å²) in [6, 6.07) is 9.16. The fraction of sp³-hybridized carbons (Fsp3) is 0.0833. The highest BCUT2D eigenvalue weighted by Gasteiger charge is 2.13. The fourth-order valence-corrected chi connectivity index (χ4v) is 4.07.